The monoisotopic (exact) mass is 263 g/mol. The third-order valence-electron chi connectivity index (χ3n) is 3.23. The average molecular weight is 263 g/mol. The highest BCUT2D eigenvalue weighted by Gasteiger charge is 2.15. The van der Waals surface area contributed by atoms with E-state index >= 15 is 0 Å². The highest BCUT2D eigenvalue weighted by molar-refractivity contribution is 5.96. The van der Waals surface area contributed by atoms with Gasteiger partial charge in [-0.25, -0.2) is 0 Å². The molecule has 0 aliphatic rings. The van der Waals surface area contributed by atoms with Crippen molar-refractivity contribution in [1.29, 1.82) is 0 Å². The molecular weight excluding hydrogens is 238 g/mol. The fraction of sp³-hybridized carbons (Fsp3) is 0.600. The van der Waals surface area contributed by atoms with E-state index in [1.807, 2.05) is 6.92 Å². The van der Waals surface area contributed by atoms with E-state index in [0.29, 0.717) is 11.3 Å². The van der Waals surface area contributed by atoms with Gasteiger partial charge in [0.15, 0.2) is 0 Å². The van der Waals surface area contributed by atoms with E-state index < -0.39 is 0 Å². The summed E-state index contributed by atoms with van der Waals surface area (Å²) >= 11 is 0. The summed E-state index contributed by atoms with van der Waals surface area (Å²) in [7, 11) is 0. The molecule has 19 heavy (non-hydrogen) atoms. The molecule has 0 aliphatic carbocycles. The molecule has 0 spiro atoms. The van der Waals surface area contributed by atoms with Gasteiger partial charge in [-0.15, -0.1) is 0 Å². The van der Waals surface area contributed by atoms with Crippen LogP contribution in [0.5, 0.6) is 0 Å². The average Bonchev–Trinajstić information content (AvgIpc) is 2.39. The molecule has 1 heterocycles. The molecule has 0 saturated heterocycles. The number of nitrogens with one attached hydrogen (secondary N) is 1. The number of anilines is 1. The Hall–Kier alpha value is -1.58. The van der Waals surface area contributed by atoms with Crippen molar-refractivity contribution in [3.63, 3.8) is 0 Å². The third-order valence-corrected chi connectivity index (χ3v) is 3.23. The number of unbranched alkanes of at least 4 members (excludes halogenated alkanes) is 1. The summed E-state index contributed by atoms with van der Waals surface area (Å²) in [6.07, 6.45) is 6.98. The van der Waals surface area contributed by atoms with Gasteiger partial charge in [-0.3, -0.25) is 9.78 Å². The summed E-state index contributed by atoms with van der Waals surface area (Å²) in [5.74, 6) is -0.0631. The number of carbonyl (C=O) groups is 1. The summed E-state index contributed by atoms with van der Waals surface area (Å²) in [4.78, 5) is 16.4. The largest absolute Gasteiger partial charge is 0.397 e. The lowest BCUT2D eigenvalue weighted by Gasteiger charge is -2.18. The summed E-state index contributed by atoms with van der Waals surface area (Å²) < 4.78 is 0. The molecule has 1 aromatic rings. The minimum absolute atomic E-state index is 0.0631. The van der Waals surface area contributed by atoms with Crippen LogP contribution in [0.1, 0.15) is 62.0 Å². The second-order valence-corrected chi connectivity index (χ2v) is 5.00. The van der Waals surface area contributed by atoms with Crippen molar-refractivity contribution in [3.8, 4) is 0 Å². The number of aromatic nitrogens is 1. The number of nitrogens with two attached hydrogens (primary N) is 1. The Bertz CT molecular complexity index is 418. The van der Waals surface area contributed by atoms with E-state index in [-0.39, 0.29) is 11.9 Å². The zero-order valence-electron chi connectivity index (χ0n) is 12.2. The second kappa shape index (κ2) is 7.77. The molecule has 1 amide bonds. The molecule has 0 aliphatic heterocycles. The number of aryl methyl sites for hydroxylation is 1. The Morgan fingerprint density at radius 2 is 2.11 bits per heavy atom. The SMILES string of the molecule is CCCCC(CCC)NC(=O)c1cc(N)cnc1C. The Balaban J connectivity index is 2.72. The molecule has 1 atom stereocenters. The molecule has 4 nitrogen and oxygen atoms in total. The second-order valence-electron chi connectivity index (χ2n) is 5.00. The molecule has 0 saturated carbocycles. The van der Waals surface area contributed by atoms with Gasteiger partial charge in [0.2, 0.25) is 0 Å². The first-order valence-electron chi connectivity index (χ1n) is 7.11. The first kappa shape index (κ1) is 15.5. The van der Waals surface area contributed by atoms with Crippen LogP contribution < -0.4 is 11.1 Å². The first-order chi connectivity index (χ1) is 9.08. The Labute approximate surface area is 115 Å². The van der Waals surface area contributed by atoms with Crippen LogP contribution in [0.4, 0.5) is 5.69 Å². The lowest BCUT2D eigenvalue weighted by molar-refractivity contribution is 0.0931. The lowest BCUT2D eigenvalue weighted by atomic mass is 10.0. The van der Waals surface area contributed by atoms with Gasteiger partial charge in [-0.2, -0.15) is 0 Å². The highest BCUT2D eigenvalue weighted by Crippen LogP contribution is 2.12. The van der Waals surface area contributed by atoms with Crippen molar-refractivity contribution < 1.29 is 4.79 Å². The molecule has 1 rings (SSSR count). The van der Waals surface area contributed by atoms with E-state index in [1.165, 1.54) is 0 Å². The Morgan fingerprint density at radius 3 is 2.74 bits per heavy atom. The normalized spacial score (nSPS) is 12.2. The minimum atomic E-state index is -0.0631. The maximum absolute atomic E-state index is 12.3. The van der Waals surface area contributed by atoms with E-state index in [0.717, 1.165) is 37.8 Å². The zero-order chi connectivity index (χ0) is 14.3. The van der Waals surface area contributed by atoms with E-state index in [1.54, 1.807) is 12.3 Å². The molecule has 106 valence electrons. The van der Waals surface area contributed by atoms with E-state index in [4.69, 9.17) is 5.73 Å². The number of amides is 1. The summed E-state index contributed by atoms with van der Waals surface area (Å²) in [6.45, 7) is 6.13. The van der Waals surface area contributed by atoms with Gasteiger partial charge in [-0.1, -0.05) is 33.1 Å². The maximum Gasteiger partial charge on any atom is 0.253 e. The van der Waals surface area contributed by atoms with Crippen LogP contribution in [-0.2, 0) is 0 Å². The van der Waals surface area contributed by atoms with Crippen molar-refractivity contribution in [3.05, 3.63) is 23.5 Å². The minimum Gasteiger partial charge on any atom is -0.397 e. The molecule has 1 aromatic heterocycles. The van der Waals surface area contributed by atoms with Crippen molar-refractivity contribution in [2.24, 2.45) is 0 Å². The summed E-state index contributed by atoms with van der Waals surface area (Å²) in [6, 6.07) is 1.94. The molecule has 3 N–H and O–H groups in total. The van der Waals surface area contributed by atoms with Gasteiger partial charge in [0.05, 0.1) is 23.1 Å². The van der Waals surface area contributed by atoms with Gasteiger partial charge in [-0.05, 0) is 25.8 Å². The van der Waals surface area contributed by atoms with Crippen LogP contribution >= 0.6 is 0 Å². The fourth-order valence-corrected chi connectivity index (χ4v) is 2.13. The predicted octanol–water partition coefficient (Wildman–Crippen LogP) is 3.06. The maximum atomic E-state index is 12.3. The van der Waals surface area contributed by atoms with E-state index in [9.17, 15) is 4.79 Å². The smallest absolute Gasteiger partial charge is 0.253 e. The summed E-state index contributed by atoms with van der Waals surface area (Å²) in [5.41, 5.74) is 7.52. The van der Waals surface area contributed by atoms with Crippen LogP contribution in [0.3, 0.4) is 0 Å². The molecule has 0 radical (unpaired) electrons. The van der Waals surface area contributed by atoms with Gasteiger partial charge in [0.1, 0.15) is 0 Å². The molecular formula is C15H25N3O. The molecule has 0 fully saturated rings. The van der Waals surface area contributed by atoms with Gasteiger partial charge < -0.3 is 11.1 Å². The van der Waals surface area contributed by atoms with Crippen molar-refractivity contribution in [1.82, 2.24) is 10.3 Å². The van der Waals surface area contributed by atoms with Gasteiger partial charge >= 0.3 is 0 Å². The zero-order valence-corrected chi connectivity index (χ0v) is 12.2. The van der Waals surface area contributed by atoms with Crippen molar-refractivity contribution in [2.45, 2.75) is 58.9 Å². The Kier molecular flexibility index (Phi) is 6.33. The fourth-order valence-electron chi connectivity index (χ4n) is 2.13. The summed E-state index contributed by atoms with van der Waals surface area (Å²) in [5, 5.41) is 3.10. The molecule has 1 unspecified atom stereocenters. The number of hydrogen-bond donors (Lipinski definition) is 2. The van der Waals surface area contributed by atoms with E-state index in [2.05, 4.69) is 24.1 Å². The number of pyridine rings is 1. The van der Waals surface area contributed by atoms with Gasteiger partial charge in [0, 0.05) is 6.04 Å². The van der Waals surface area contributed by atoms with Gasteiger partial charge in [0.25, 0.3) is 5.91 Å². The molecule has 0 bridgehead atoms. The van der Waals surface area contributed by atoms with Crippen LogP contribution in [0, 0.1) is 6.92 Å². The first-order valence-corrected chi connectivity index (χ1v) is 7.11. The van der Waals surface area contributed by atoms with Crippen LogP contribution in [0.25, 0.3) is 0 Å². The number of nitrogen functional groups attached to an aromatic ring is 1. The Morgan fingerprint density at radius 1 is 1.37 bits per heavy atom. The van der Waals surface area contributed by atoms with Crippen LogP contribution in [0.2, 0.25) is 0 Å². The van der Waals surface area contributed by atoms with Crippen LogP contribution in [-0.4, -0.2) is 16.9 Å². The predicted molar refractivity (Wildman–Crippen MR) is 79.1 cm³/mol. The lowest BCUT2D eigenvalue weighted by Crippen LogP contribution is -2.35. The number of carbonyl (C=O) groups excluding carboxylic acids is 1. The molecule has 4 heteroatoms. The van der Waals surface area contributed by atoms with Crippen LogP contribution in [0.15, 0.2) is 12.3 Å². The number of nitrogens with zero attached hydrogens (tertiary/aromatic N) is 1. The quantitative estimate of drug-likeness (QED) is 0.794. The topological polar surface area (TPSA) is 68.0 Å². The number of hydrogen-bond acceptors (Lipinski definition) is 3. The van der Waals surface area contributed by atoms with Crippen molar-refractivity contribution in [2.75, 3.05) is 5.73 Å². The van der Waals surface area contributed by atoms with Crippen molar-refractivity contribution >= 4 is 11.6 Å². The standard InChI is InChI=1S/C15H25N3O/c1-4-6-8-13(7-5-2)18-15(19)14-9-12(16)10-17-11(14)3/h9-10,13H,4-8,16H2,1-3H3,(H,18,19). The highest BCUT2D eigenvalue weighted by atomic mass is 16.1. The number of rotatable bonds is 7. The third kappa shape index (κ3) is 4.89. The molecule has 0 aromatic carbocycles.